The third-order valence-electron chi connectivity index (χ3n) is 3.73. The van der Waals surface area contributed by atoms with Gasteiger partial charge < -0.3 is 10.6 Å². The molecule has 3 heteroatoms. The van der Waals surface area contributed by atoms with E-state index in [2.05, 4.69) is 48.7 Å². The molecule has 0 fully saturated rings. The Morgan fingerprint density at radius 1 is 1.00 bits per heavy atom. The van der Waals surface area contributed by atoms with Crippen molar-refractivity contribution >= 4 is 11.6 Å². The number of amides is 1. The van der Waals surface area contributed by atoms with Gasteiger partial charge >= 0.3 is 0 Å². The SMILES string of the molecule is Cc1cccc(CNCCC(=O)Nc2ccc(C)c(C)c2)c1. The second-order valence-electron chi connectivity index (χ2n) is 5.76. The zero-order chi connectivity index (χ0) is 15.9. The Morgan fingerprint density at radius 3 is 2.55 bits per heavy atom. The standard InChI is InChI=1S/C19H24N2O/c1-14-5-4-6-17(11-14)13-20-10-9-19(22)21-18-8-7-15(2)16(3)12-18/h4-8,11-12,20H,9-10,13H2,1-3H3,(H,21,22). The highest BCUT2D eigenvalue weighted by atomic mass is 16.1. The summed E-state index contributed by atoms with van der Waals surface area (Å²) in [6.07, 6.45) is 0.471. The predicted octanol–water partition coefficient (Wildman–Crippen LogP) is 3.73. The summed E-state index contributed by atoms with van der Waals surface area (Å²) in [7, 11) is 0. The molecule has 116 valence electrons. The van der Waals surface area contributed by atoms with Gasteiger partial charge in [-0.3, -0.25) is 4.79 Å². The van der Waals surface area contributed by atoms with E-state index in [1.165, 1.54) is 22.3 Å². The van der Waals surface area contributed by atoms with Crippen LogP contribution in [0.2, 0.25) is 0 Å². The van der Waals surface area contributed by atoms with E-state index >= 15 is 0 Å². The highest BCUT2D eigenvalue weighted by molar-refractivity contribution is 5.90. The number of hydrogen-bond acceptors (Lipinski definition) is 2. The number of nitrogens with one attached hydrogen (secondary N) is 2. The molecule has 0 aliphatic rings. The Bertz CT molecular complexity index is 650. The minimum atomic E-state index is 0.0417. The van der Waals surface area contributed by atoms with Crippen LogP contribution in [0, 0.1) is 20.8 Å². The smallest absolute Gasteiger partial charge is 0.225 e. The van der Waals surface area contributed by atoms with Crippen molar-refractivity contribution in [3.8, 4) is 0 Å². The van der Waals surface area contributed by atoms with E-state index in [0.29, 0.717) is 13.0 Å². The second-order valence-corrected chi connectivity index (χ2v) is 5.76. The molecule has 2 aromatic rings. The van der Waals surface area contributed by atoms with Crippen LogP contribution in [0.25, 0.3) is 0 Å². The molecule has 0 unspecified atom stereocenters. The number of anilines is 1. The van der Waals surface area contributed by atoms with Gasteiger partial charge in [-0.15, -0.1) is 0 Å². The van der Waals surface area contributed by atoms with Gasteiger partial charge in [-0.25, -0.2) is 0 Å². The van der Waals surface area contributed by atoms with Crippen molar-refractivity contribution in [2.24, 2.45) is 0 Å². The van der Waals surface area contributed by atoms with Crippen molar-refractivity contribution in [2.75, 3.05) is 11.9 Å². The molecule has 0 saturated carbocycles. The average Bonchev–Trinajstić information content (AvgIpc) is 2.48. The number of benzene rings is 2. The van der Waals surface area contributed by atoms with E-state index in [9.17, 15) is 4.79 Å². The van der Waals surface area contributed by atoms with Gasteiger partial charge in [0.2, 0.25) is 5.91 Å². The topological polar surface area (TPSA) is 41.1 Å². The summed E-state index contributed by atoms with van der Waals surface area (Å²) < 4.78 is 0. The molecule has 0 spiro atoms. The molecule has 2 rings (SSSR count). The first kappa shape index (κ1) is 16.2. The van der Waals surface area contributed by atoms with Crippen LogP contribution in [-0.4, -0.2) is 12.5 Å². The summed E-state index contributed by atoms with van der Waals surface area (Å²) in [4.78, 5) is 11.9. The fourth-order valence-corrected chi connectivity index (χ4v) is 2.30. The quantitative estimate of drug-likeness (QED) is 0.798. The van der Waals surface area contributed by atoms with E-state index in [-0.39, 0.29) is 5.91 Å². The van der Waals surface area contributed by atoms with Gasteiger partial charge in [0.25, 0.3) is 0 Å². The van der Waals surface area contributed by atoms with Gasteiger partial charge in [0.15, 0.2) is 0 Å². The fraction of sp³-hybridized carbons (Fsp3) is 0.316. The van der Waals surface area contributed by atoms with Gasteiger partial charge in [-0.2, -0.15) is 0 Å². The lowest BCUT2D eigenvalue weighted by molar-refractivity contribution is -0.116. The molecular formula is C19H24N2O. The molecule has 3 nitrogen and oxygen atoms in total. The van der Waals surface area contributed by atoms with Crippen LogP contribution in [0.15, 0.2) is 42.5 Å². The lowest BCUT2D eigenvalue weighted by Crippen LogP contribution is -2.21. The largest absolute Gasteiger partial charge is 0.326 e. The van der Waals surface area contributed by atoms with Crippen LogP contribution in [0.1, 0.15) is 28.7 Å². The van der Waals surface area contributed by atoms with Gasteiger partial charge in [-0.1, -0.05) is 35.9 Å². The average molecular weight is 296 g/mol. The van der Waals surface area contributed by atoms with Gasteiger partial charge in [0.05, 0.1) is 0 Å². The van der Waals surface area contributed by atoms with Crippen LogP contribution in [0.5, 0.6) is 0 Å². The molecule has 0 radical (unpaired) electrons. The summed E-state index contributed by atoms with van der Waals surface area (Å²) in [6.45, 7) is 7.66. The molecule has 0 bridgehead atoms. The third kappa shape index (κ3) is 5.01. The minimum Gasteiger partial charge on any atom is -0.326 e. The van der Waals surface area contributed by atoms with E-state index in [4.69, 9.17) is 0 Å². The monoisotopic (exact) mass is 296 g/mol. The molecule has 22 heavy (non-hydrogen) atoms. The summed E-state index contributed by atoms with van der Waals surface area (Å²) in [6, 6.07) is 14.4. The van der Waals surface area contributed by atoms with Crippen LogP contribution in [0.4, 0.5) is 5.69 Å². The summed E-state index contributed by atoms with van der Waals surface area (Å²) in [5, 5.41) is 6.24. The van der Waals surface area contributed by atoms with E-state index in [1.54, 1.807) is 0 Å². The second kappa shape index (κ2) is 7.76. The van der Waals surface area contributed by atoms with Crippen LogP contribution < -0.4 is 10.6 Å². The molecule has 0 heterocycles. The van der Waals surface area contributed by atoms with E-state index in [1.807, 2.05) is 25.1 Å². The first-order valence-electron chi connectivity index (χ1n) is 7.68. The number of carbonyl (C=O) groups is 1. The van der Waals surface area contributed by atoms with Crippen LogP contribution in [-0.2, 0) is 11.3 Å². The Balaban J connectivity index is 1.72. The normalized spacial score (nSPS) is 10.5. The Hall–Kier alpha value is -2.13. The van der Waals surface area contributed by atoms with Crippen molar-refractivity contribution in [3.63, 3.8) is 0 Å². The zero-order valence-corrected chi connectivity index (χ0v) is 13.6. The highest BCUT2D eigenvalue weighted by Gasteiger charge is 2.03. The Morgan fingerprint density at radius 2 is 1.82 bits per heavy atom. The molecule has 0 aliphatic heterocycles. The van der Waals surface area contributed by atoms with Crippen molar-refractivity contribution < 1.29 is 4.79 Å². The molecule has 2 aromatic carbocycles. The first-order valence-corrected chi connectivity index (χ1v) is 7.68. The van der Waals surface area contributed by atoms with Gasteiger partial charge in [0, 0.05) is 25.2 Å². The number of carbonyl (C=O) groups excluding carboxylic acids is 1. The number of hydrogen-bond donors (Lipinski definition) is 2. The molecule has 0 aromatic heterocycles. The molecule has 2 N–H and O–H groups in total. The third-order valence-corrected chi connectivity index (χ3v) is 3.73. The minimum absolute atomic E-state index is 0.0417. The number of rotatable bonds is 6. The fourth-order valence-electron chi connectivity index (χ4n) is 2.30. The summed E-state index contributed by atoms with van der Waals surface area (Å²) in [5.41, 5.74) is 5.79. The van der Waals surface area contributed by atoms with E-state index in [0.717, 1.165) is 12.2 Å². The Labute approximate surface area is 132 Å². The molecule has 0 atom stereocenters. The Kier molecular flexibility index (Phi) is 5.73. The molecule has 1 amide bonds. The highest BCUT2D eigenvalue weighted by Crippen LogP contribution is 2.14. The maximum absolute atomic E-state index is 11.9. The summed E-state index contributed by atoms with van der Waals surface area (Å²) >= 11 is 0. The summed E-state index contributed by atoms with van der Waals surface area (Å²) in [5.74, 6) is 0.0417. The van der Waals surface area contributed by atoms with Crippen LogP contribution in [0.3, 0.4) is 0 Å². The first-order chi connectivity index (χ1) is 10.5. The van der Waals surface area contributed by atoms with Gasteiger partial charge in [0.1, 0.15) is 0 Å². The van der Waals surface area contributed by atoms with Crippen LogP contribution >= 0.6 is 0 Å². The molecule has 0 saturated heterocycles. The van der Waals surface area contributed by atoms with E-state index < -0.39 is 0 Å². The van der Waals surface area contributed by atoms with Crippen molar-refractivity contribution in [1.82, 2.24) is 5.32 Å². The predicted molar refractivity (Wildman–Crippen MR) is 92.0 cm³/mol. The maximum atomic E-state index is 11.9. The lowest BCUT2D eigenvalue weighted by Gasteiger charge is -2.09. The van der Waals surface area contributed by atoms with Crippen molar-refractivity contribution in [1.29, 1.82) is 0 Å². The maximum Gasteiger partial charge on any atom is 0.225 e. The zero-order valence-electron chi connectivity index (χ0n) is 13.6. The number of aryl methyl sites for hydroxylation is 3. The van der Waals surface area contributed by atoms with Crippen molar-refractivity contribution in [2.45, 2.75) is 33.7 Å². The van der Waals surface area contributed by atoms with Crippen molar-refractivity contribution in [3.05, 3.63) is 64.7 Å². The van der Waals surface area contributed by atoms with Gasteiger partial charge in [-0.05, 0) is 49.6 Å². The lowest BCUT2D eigenvalue weighted by atomic mass is 10.1. The molecular weight excluding hydrogens is 272 g/mol. The molecule has 0 aliphatic carbocycles.